The lowest BCUT2D eigenvalue weighted by Crippen LogP contribution is -2.17. The summed E-state index contributed by atoms with van der Waals surface area (Å²) in [4.78, 5) is 4.66. The number of pyridine rings is 1. The Hall–Kier alpha value is -1.63. The summed E-state index contributed by atoms with van der Waals surface area (Å²) in [6.45, 7) is 3.88. The molecular weight excluding hydrogens is 360 g/mol. The second-order valence-electron chi connectivity index (χ2n) is 6.35. The van der Waals surface area contributed by atoms with Crippen LogP contribution in [0, 0.1) is 13.8 Å². The largest absolute Gasteiger partial charge is 0.380 e. The molecule has 0 bridgehead atoms. The molecule has 134 valence electrons. The molecule has 1 N–H and O–H groups in total. The number of halogens is 1. The minimum Gasteiger partial charge on any atom is -0.380 e. The van der Waals surface area contributed by atoms with Crippen molar-refractivity contribution in [1.29, 1.82) is 0 Å². The number of benzene rings is 1. The first-order valence-electron chi connectivity index (χ1n) is 8.10. The van der Waals surface area contributed by atoms with Crippen molar-refractivity contribution in [1.82, 2.24) is 4.98 Å². The van der Waals surface area contributed by atoms with Crippen LogP contribution >= 0.6 is 11.6 Å². The number of hydrogen-bond acceptors (Lipinski definition) is 4. The molecule has 25 heavy (non-hydrogen) atoms. The molecule has 1 aliphatic rings. The van der Waals surface area contributed by atoms with Crippen molar-refractivity contribution in [2.75, 3.05) is 11.8 Å². The summed E-state index contributed by atoms with van der Waals surface area (Å²) in [5.41, 5.74) is 3.27. The van der Waals surface area contributed by atoms with Crippen molar-refractivity contribution >= 4 is 27.4 Å². The number of nitrogens with zero attached hydrogens (tertiary/aromatic N) is 1. The fraction of sp³-hybridized carbons (Fsp3) is 0.389. The molecule has 1 saturated carbocycles. The number of ether oxygens (including phenoxy) is 1. The van der Waals surface area contributed by atoms with Gasteiger partial charge in [-0.2, -0.15) is 0 Å². The van der Waals surface area contributed by atoms with E-state index < -0.39 is 10.0 Å². The van der Waals surface area contributed by atoms with E-state index in [9.17, 15) is 8.42 Å². The molecule has 0 radical (unpaired) electrons. The lowest BCUT2D eigenvalue weighted by molar-refractivity contribution is 0.185. The topological polar surface area (TPSA) is 68.3 Å². The minimum atomic E-state index is -3.79. The third kappa shape index (κ3) is 3.81. The summed E-state index contributed by atoms with van der Waals surface area (Å²) in [6, 6.07) is 6.82. The van der Waals surface area contributed by atoms with Crippen LogP contribution in [0.1, 0.15) is 41.1 Å². The highest BCUT2D eigenvalue weighted by atomic mass is 35.5. The molecule has 0 amide bonds. The van der Waals surface area contributed by atoms with Gasteiger partial charge in [0.1, 0.15) is 5.82 Å². The zero-order valence-electron chi connectivity index (χ0n) is 14.5. The van der Waals surface area contributed by atoms with E-state index in [2.05, 4.69) is 9.71 Å². The summed E-state index contributed by atoms with van der Waals surface area (Å²) in [5.74, 6) is 0.840. The zero-order valence-corrected chi connectivity index (χ0v) is 16.0. The Morgan fingerprint density at radius 2 is 2.04 bits per heavy atom. The molecule has 0 aliphatic heterocycles. The Balaban J connectivity index is 2.01. The lowest BCUT2D eigenvalue weighted by atomic mass is 10.1. The van der Waals surface area contributed by atoms with Crippen molar-refractivity contribution < 1.29 is 13.2 Å². The SMILES string of the molecule is COCc1cc(C2CC2)c(C)nc1NS(=O)(=O)c1cccc(Cl)c1C. The number of sulfonamides is 1. The molecule has 1 aromatic heterocycles. The Bertz CT molecular complexity index is 909. The third-order valence-electron chi connectivity index (χ3n) is 4.39. The van der Waals surface area contributed by atoms with Gasteiger partial charge in [-0.15, -0.1) is 0 Å². The average molecular weight is 381 g/mol. The van der Waals surface area contributed by atoms with Gasteiger partial charge in [0.25, 0.3) is 10.0 Å². The first-order chi connectivity index (χ1) is 11.8. The van der Waals surface area contributed by atoms with Crippen LogP contribution in [0.2, 0.25) is 5.02 Å². The fourth-order valence-corrected chi connectivity index (χ4v) is 4.43. The van der Waals surface area contributed by atoms with E-state index in [1.807, 2.05) is 13.0 Å². The van der Waals surface area contributed by atoms with Gasteiger partial charge in [0.05, 0.1) is 11.5 Å². The third-order valence-corrected chi connectivity index (χ3v) is 6.28. The Labute approximate surface area is 153 Å². The lowest BCUT2D eigenvalue weighted by Gasteiger charge is -2.16. The molecule has 0 spiro atoms. The van der Waals surface area contributed by atoms with Crippen molar-refractivity contribution in [3.05, 3.63) is 51.7 Å². The second-order valence-corrected chi connectivity index (χ2v) is 8.40. The number of aromatic nitrogens is 1. The van der Waals surface area contributed by atoms with Crippen LogP contribution in [0.5, 0.6) is 0 Å². The van der Waals surface area contributed by atoms with Gasteiger partial charge in [-0.3, -0.25) is 4.72 Å². The number of methoxy groups -OCH3 is 1. The van der Waals surface area contributed by atoms with Crippen molar-refractivity contribution in [3.63, 3.8) is 0 Å². The molecular formula is C18H21ClN2O3S. The van der Waals surface area contributed by atoms with Gasteiger partial charge in [-0.1, -0.05) is 17.7 Å². The van der Waals surface area contributed by atoms with Gasteiger partial charge in [0.15, 0.2) is 0 Å². The number of hydrogen-bond donors (Lipinski definition) is 1. The molecule has 1 heterocycles. The Kier molecular flexibility index (Phi) is 5.04. The first kappa shape index (κ1) is 18.2. The molecule has 2 aromatic rings. The van der Waals surface area contributed by atoms with Gasteiger partial charge in [-0.05, 0) is 61.9 Å². The number of anilines is 1. The predicted octanol–water partition coefficient (Wildman–Crippen LogP) is 4.18. The Morgan fingerprint density at radius 1 is 1.32 bits per heavy atom. The maximum atomic E-state index is 12.8. The fourth-order valence-electron chi connectivity index (χ4n) is 2.89. The van der Waals surface area contributed by atoms with E-state index in [1.54, 1.807) is 26.2 Å². The highest BCUT2D eigenvalue weighted by molar-refractivity contribution is 7.92. The molecule has 0 unspecified atom stereocenters. The Morgan fingerprint density at radius 3 is 2.68 bits per heavy atom. The molecule has 3 rings (SSSR count). The summed E-state index contributed by atoms with van der Waals surface area (Å²) in [6.07, 6.45) is 2.31. The van der Waals surface area contributed by atoms with Crippen LogP contribution in [0.15, 0.2) is 29.2 Å². The van der Waals surface area contributed by atoms with Crippen LogP contribution in [0.4, 0.5) is 5.82 Å². The van der Waals surface area contributed by atoms with Gasteiger partial charge < -0.3 is 4.74 Å². The summed E-state index contributed by atoms with van der Waals surface area (Å²) in [7, 11) is -2.21. The minimum absolute atomic E-state index is 0.147. The van der Waals surface area contributed by atoms with E-state index in [4.69, 9.17) is 16.3 Å². The summed E-state index contributed by atoms with van der Waals surface area (Å²) in [5, 5.41) is 0.410. The molecule has 7 heteroatoms. The molecule has 5 nitrogen and oxygen atoms in total. The summed E-state index contributed by atoms with van der Waals surface area (Å²) >= 11 is 6.06. The number of rotatable bonds is 6. The highest BCUT2D eigenvalue weighted by Gasteiger charge is 2.28. The highest BCUT2D eigenvalue weighted by Crippen LogP contribution is 2.42. The normalized spacial score (nSPS) is 14.6. The number of aryl methyl sites for hydroxylation is 1. The summed E-state index contributed by atoms with van der Waals surface area (Å²) < 4.78 is 33.5. The van der Waals surface area contributed by atoms with Gasteiger partial charge in [-0.25, -0.2) is 13.4 Å². The van der Waals surface area contributed by atoms with E-state index in [0.717, 1.165) is 24.1 Å². The van der Waals surface area contributed by atoms with Crippen LogP contribution in [0.3, 0.4) is 0 Å². The van der Waals surface area contributed by atoms with Gasteiger partial charge in [0, 0.05) is 23.4 Å². The van der Waals surface area contributed by atoms with Crippen molar-refractivity contribution in [3.8, 4) is 0 Å². The van der Waals surface area contributed by atoms with Crippen LogP contribution in [0.25, 0.3) is 0 Å². The number of nitrogens with one attached hydrogen (secondary N) is 1. The molecule has 1 fully saturated rings. The van der Waals surface area contributed by atoms with E-state index >= 15 is 0 Å². The van der Waals surface area contributed by atoms with E-state index in [1.165, 1.54) is 11.6 Å². The van der Waals surface area contributed by atoms with Crippen LogP contribution in [-0.2, 0) is 21.4 Å². The first-order valence-corrected chi connectivity index (χ1v) is 9.97. The quantitative estimate of drug-likeness (QED) is 0.816. The van der Waals surface area contributed by atoms with Crippen molar-refractivity contribution in [2.45, 2.75) is 44.1 Å². The van der Waals surface area contributed by atoms with E-state index in [-0.39, 0.29) is 4.90 Å². The predicted molar refractivity (Wildman–Crippen MR) is 98.7 cm³/mol. The molecule has 1 aromatic carbocycles. The van der Waals surface area contributed by atoms with Crippen LogP contribution < -0.4 is 4.72 Å². The smallest absolute Gasteiger partial charge is 0.263 e. The standard InChI is InChI=1S/C18H21ClN2O3S/c1-11-16(19)5-4-6-17(11)25(22,23)21-18-14(10-24-3)9-15(12(2)20-18)13-7-8-13/h4-6,9,13H,7-8,10H2,1-3H3,(H,20,21). The molecule has 1 aliphatic carbocycles. The van der Waals surface area contributed by atoms with Crippen LogP contribution in [-0.4, -0.2) is 20.5 Å². The molecule has 0 atom stereocenters. The second kappa shape index (κ2) is 6.94. The zero-order chi connectivity index (χ0) is 18.2. The van der Waals surface area contributed by atoms with E-state index in [0.29, 0.717) is 28.9 Å². The van der Waals surface area contributed by atoms with Gasteiger partial charge >= 0.3 is 0 Å². The maximum absolute atomic E-state index is 12.8. The monoisotopic (exact) mass is 380 g/mol. The molecule has 0 saturated heterocycles. The average Bonchev–Trinajstić information content (AvgIpc) is 3.37. The van der Waals surface area contributed by atoms with Crippen molar-refractivity contribution in [2.24, 2.45) is 0 Å². The maximum Gasteiger partial charge on any atom is 0.263 e. The van der Waals surface area contributed by atoms with Gasteiger partial charge in [0.2, 0.25) is 0 Å².